The van der Waals surface area contributed by atoms with Crippen molar-refractivity contribution < 1.29 is 29.7 Å². The van der Waals surface area contributed by atoms with Gasteiger partial charge in [0.1, 0.15) is 18.9 Å². The van der Waals surface area contributed by atoms with Crippen LogP contribution in [0.2, 0.25) is 0 Å². The number of rotatable bonds is 8. The molecule has 0 unspecified atom stereocenters. The third-order valence-electron chi connectivity index (χ3n) is 30.0. The maximum atomic E-state index is 13.2. The first-order chi connectivity index (χ1) is 41.7. The van der Waals surface area contributed by atoms with Gasteiger partial charge in [0.2, 0.25) is 0 Å². The zero-order valence-electron chi connectivity index (χ0n) is 55.4. The minimum Gasteiger partial charge on any atom is -0.390 e. The van der Waals surface area contributed by atoms with Gasteiger partial charge in [-0.2, -0.15) is 30.4 Å². The van der Waals surface area contributed by atoms with Gasteiger partial charge < -0.3 is 15.3 Å². The first kappa shape index (κ1) is 72.1. The molecule has 12 fully saturated rings. The minimum atomic E-state index is -0.467. The Morgan fingerprint density at radius 3 is 1.11 bits per heavy atom. The molecule has 12 saturated carbocycles. The van der Waals surface area contributed by atoms with Gasteiger partial charge in [0, 0.05) is 24.0 Å². The number of hydrogen-bond acceptors (Lipinski definition) is 12. The lowest BCUT2D eigenvalue weighted by Crippen LogP contribution is -2.55. The van der Waals surface area contributed by atoms with Crippen LogP contribution >= 0.6 is 15.9 Å². The molecule has 0 aromatic carbocycles. The van der Waals surface area contributed by atoms with Crippen LogP contribution in [0.5, 0.6) is 0 Å². The molecule has 0 saturated heterocycles. The van der Waals surface area contributed by atoms with Gasteiger partial charge in [0.25, 0.3) is 0 Å². The molecule has 512 valence electrons. The maximum Gasteiger partial charge on any atom is 0.159 e. The Morgan fingerprint density at radius 2 is 0.780 bits per heavy atom. The normalized spacial score (nSPS) is 46.9. The average Bonchev–Trinajstić information content (AvgIpc) is 1.72. The van der Waals surface area contributed by atoms with E-state index in [1.54, 1.807) is 46.7 Å². The van der Waals surface area contributed by atoms with Crippen molar-refractivity contribution in [3.05, 3.63) is 37.2 Å². The highest BCUT2D eigenvalue weighted by Gasteiger charge is 2.65. The zero-order valence-corrected chi connectivity index (χ0v) is 56.9. The molecule has 3 heterocycles. The van der Waals surface area contributed by atoms with E-state index in [9.17, 15) is 29.7 Å². The predicted octanol–water partition coefficient (Wildman–Crippen LogP) is 15.6. The molecule has 12 aliphatic carbocycles. The molecular formula is C75H124BrN9O6. The van der Waals surface area contributed by atoms with Crippen molar-refractivity contribution in [1.29, 1.82) is 0 Å². The molecule has 16 heteroatoms. The van der Waals surface area contributed by atoms with Gasteiger partial charge in [-0.05, 0) is 298 Å². The van der Waals surface area contributed by atoms with Crippen LogP contribution in [0, 0.1) is 121 Å². The van der Waals surface area contributed by atoms with E-state index >= 15 is 0 Å². The lowest BCUT2D eigenvalue weighted by molar-refractivity contribution is -0.151. The molecule has 4 N–H and O–H groups in total. The fourth-order valence-electron chi connectivity index (χ4n) is 25.3. The number of aromatic nitrogens is 9. The SMILES string of the molecule is C.C.C.C[C@@]1(O)CC[C@@]2(C)[C@H](CC[C@@H]3[C@@H]2CC[C@]2(C)[C@@H](C(=O)CBr)CC[C@@H]32)C1.C[C@@]1(O)CC[C@@]2(C)[C@H](CC[C@@H]3[C@@H]2CC[C@]2(C)[C@@H](C(=O)Cn4ccnn4)CC[C@@H]32)C1.C[C@@]1(O)CC[C@@]2(C)[C@H](CC[C@@H]3[C@@H]2CC[C@]2(C)[C@@H](C(=O)Cn4nccn4)CC[C@@H]32)C1.c1cn[nH]n1. The predicted molar refractivity (Wildman–Crippen MR) is 363 cm³/mol. The van der Waals surface area contributed by atoms with Gasteiger partial charge in [0.05, 0.1) is 53.1 Å². The average molecular weight is 1330 g/mol. The van der Waals surface area contributed by atoms with Gasteiger partial charge >= 0.3 is 0 Å². The third kappa shape index (κ3) is 13.2. The quantitative estimate of drug-likeness (QED) is 0.155. The minimum absolute atomic E-state index is 0. The van der Waals surface area contributed by atoms with Crippen molar-refractivity contribution in [3.8, 4) is 0 Å². The van der Waals surface area contributed by atoms with E-state index in [1.807, 2.05) is 20.8 Å². The lowest BCUT2D eigenvalue weighted by atomic mass is 9.44. The molecule has 0 radical (unpaired) electrons. The molecule has 0 bridgehead atoms. The van der Waals surface area contributed by atoms with E-state index in [0.29, 0.717) is 81.6 Å². The zero-order chi connectivity index (χ0) is 62.5. The van der Waals surface area contributed by atoms with Crippen molar-refractivity contribution in [2.75, 3.05) is 5.33 Å². The smallest absolute Gasteiger partial charge is 0.159 e. The summed E-state index contributed by atoms with van der Waals surface area (Å²) in [4.78, 5) is 40.4. The van der Waals surface area contributed by atoms with Crippen LogP contribution in [-0.2, 0) is 27.5 Å². The molecule has 91 heavy (non-hydrogen) atoms. The summed E-state index contributed by atoms with van der Waals surface area (Å²) in [5, 5.41) is 58.0. The summed E-state index contributed by atoms with van der Waals surface area (Å²) in [6.07, 6.45) is 41.3. The summed E-state index contributed by atoms with van der Waals surface area (Å²) in [6, 6.07) is 0. The van der Waals surface area contributed by atoms with Crippen LogP contribution in [0.4, 0.5) is 0 Å². The van der Waals surface area contributed by atoms with Crippen LogP contribution in [-0.4, -0.2) is 100 Å². The number of hydrogen-bond donors (Lipinski definition) is 4. The van der Waals surface area contributed by atoms with Gasteiger partial charge in [-0.15, -0.1) is 5.10 Å². The topological polar surface area (TPSA) is 215 Å². The van der Waals surface area contributed by atoms with Gasteiger partial charge in [-0.25, -0.2) is 4.68 Å². The number of fused-ring (bicyclic) bond motifs is 15. The van der Waals surface area contributed by atoms with Gasteiger partial charge in [-0.1, -0.05) is 85.0 Å². The standard InChI is InChI=1S/2C24H37N3O2.C22H35BrO2.C2H3N3.3CH4/c1-22(29)10-11-23(2)16(14-22)4-5-17-18-6-7-20(24(18,3)9-8-19(17)23)21(28)15-27-13-12-25-26-27;1-22(29)10-11-23(2)16(14-22)4-5-17-18-6-7-20(24(18,3)9-8-19(17)23)21(28)15-27-25-12-13-26-27;1-20(25)10-11-21(2)14(12-20)4-5-15-16-6-7-18(19(24)13-23)22(16,3)9-8-17(15)21;1-2-4-5-3-1;;;/h2*12-13,16-20,29H,4-11,14-15H2,1-3H3;14-18,25H,4-13H2,1-3H3;1-2H,(H,3,4,5);3*1H4/t2*16-,17+,18+,19+,20-,22-,23+,24+;14-,15+,16+,17+,18-,20-,21+,22+;;;;/m111..../s1. The fraction of sp³-hybridized carbons (Fsp3) is 0.880. The Bertz CT molecular complexity index is 2750. The third-order valence-corrected chi connectivity index (χ3v) is 30.6. The molecule has 3 aromatic heterocycles. The van der Waals surface area contributed by atoms with Gasteiger partial charge in [-0.3, -0.25) is 14.4 Å². The Labute approximate surface area is 557 Å². The van der Waals surface area contributed by atoms with E-state index in [4.69, 9.17) is 0 Å². The number of carbonyl (C=O) groups is 3. The Hall–Kier alpha value is -3.21. The highest BCUT2D eigenvalue weighted by molar-refractivity contribution is 9.09. The van der Waals surface area contributed by atoms with E-state index in [1.165, 1.54) is 116 Å². The second kappa shape index (κ2) is 27.0. The van der Waals surface area contributed by atoms with Crippen molar-refractivity contribution in [1.82, 2.24) is 45.4 Å². The van der Waals surface area contributed by atoms with Crippen molar-refractivity contribution in [2.24, 2.45) is 121 Å². The summed E-state index contributed by atoms with van der Waals surface area (Å²) in [6.45, 7) is 21.7. The molecule has 0 aliphatic heterocycles. The Morgan fingerprint density at radius 1 is 0.429 bits per heavy atom. The number of nitrogens with one attached hydrogen (secondary N) is 1. The molecule has 24 atom stereocenters. The molecular weight excluding hydrogens is 1200 g/mol. The van der Waals surface area contributed by atoms with Crippen molar-refractivity contribution >= 4 is 33.3 Å². The summed E-state index contributed by atoms with van der Waals surface area (Å²) in [5.41, 5.74) is 0.359. The van der Waals surface area contributed by atoms with Gasteiger partial charge in [0.15, 0.2) is 11.6 Å². The molecule has 15 rings (SSSR count). The molecule has 15 nitrogen and oxygen atoms in total. The summed E-state index contributed by atoms with van der Waals surface area (Å²) in [5.74, 6) is 10.6. The molecule has 0 spiro atoms. The highest BCUT2D eigenvalue weighted by Crippen LogP contribution is 2.72. The van der Waals surface area contributed by atoms with Crippen molar-refractivity contribution in [3.63, 3.8) is 0 Å². The maximum absolute atomic E-state index is 13.2. The summed E-state index contributed by atoms with van der Waals surface area (Å²) in [7, 11) is 0. The number of aromatic amines is 1. The number of Topliss-reactive ketones (excluding diaryl/α,β-unsaturated/α-hetero) is 3. The Kier molecular flexibility index (Phi) is 21.4. The molecule has 0 amide bonds. The van der Waals surface area contributed by atoms with Crippen LogP contribution in [0.25, 0.3) is 0 Å². The van der Waals surface area contributed by atoms with E-state index in [0.717, 1.165) is 99.2 Å². The largest absolute Gasteiger partial charge is 0.390 e. The highest BCUT2D eigenvalue weighted by atomic mass is 79.9. The number of halogens is 1. The summed E-state index contributed by atoms with van der Waals surface area (Å²) < 4.78 is 1.69. The van der Waals surface area contributed by atoms with Crippen LogP contribution in [0.15, 0.2) is 37.2 Å². The second-order valence-corrected chi connectivity index (χ2v) is 35.0. The van der Waals surface area contributed by atoms with E-state index in [-0.39, 0.29) is 56.3 Å². The Balaban J connectivity index is 0.000000153. The monoisotopic (exact) mass is 1330 g/mol. The van der Waals surface area contributed by atoms with Crippen LogP contribution < -0.4 is 0 Å². The number of H-pyrrole nitrogens is 1. The lowest BCUT2D eigenvalue weighted by Gasteiger charge is -2.61. The molecule has 12 aliphatic rings. The van der Waals surface area contributed by atoms with E-state index < -0.39 is 16.8 Å². The van der Waals surface area contributed by atoms with Crippen LogP contribution in [0.3, 0.4) is 0 Å². The van der Waals surface area contributed by atoms with Crippen LogP contribution in [0.1, 0.15) is 258 Å². The first-order valence-corrected chi connectivity index (χ1v) is 36.6. The number of nitrogens with zero attached hydrogens (tertiary/aromatic N) is 8. The second-order valence-electron chi connectivity index (χ2n) is 34.4. The number of ketones is 3. The number of carbonyl (C=O) groups excluding carboxylic acids is 3. The molecule has 3 aromatic rings. The number of alkyl halides is 1. The first-order valence-electron chi connectivity index (χ1n) is 35.5. The summed E-state index contributed by atoms with van der Waals surface area (Å²) >= 11 is 3.43. The number of aliphatic hydroxyl groups is 3. The van der Waals surface area contributed by atoms with Crippen molar-refractivity contribution in [2.45, 2.75) is 288 Å². The fourth-order valence-corrected chi connectivity index (χ4v) is 25.7. The van der Waals surface area contributed by atoms with E-state index in [2.05, 4.69) is 93.4 Å².